The second-order valence-electron chi connectivity index (χ2n) is 5.38. The van der Waals surface area contributed by atoms with E-state index in [4.69, 9.17) is 0 Å². The van der Waals surface area contributed by atoms with Crippen LogP contribution in [0.5, 0.6) is 0 Å². The highest BCUT2D eigenvalue weighted by Crippen LogP contribution is 2.24. The molecule has 1 atom stereocenters. The van der Waals surface area contributed by atoms with Gasteiger partial charge in [-0.3, -0.25) is 24.5 Å². The summed E-state index contributed by atoms with van der Waals surface area (Å²) in [4.78, 5) is 27.0. The Morgan fingerprint density at radius 2 is 2.25 bits per heavy atom. The molecule has 3 heterocycles. The average Bonchev–Trinajstić information content (AvgIpc) is 3.02. The van der Waals surface area contributed by atoms with E-state index in [1.807, 2.05) is 0 Å². The zero-order valence-electron chi connectivity index (χ0n) is 11.4. The molecule has 0 aliphatic carbocycles. The van der Waals surface area contributed by atoms with Crippen molar-refractivity contribution in [3.63, 3.8) is 0 Å². The van der Waals surface area contributed by atoms with Crippen LogP contribution in [0.3, 0.4) is 0 Å². The van der Waals surface area contributed by atoms with Gasteiger partial charge < -0.3 is 4.90 Å². The Morgan fingerprint density at radius 1 is 1.45 bits per heavy atom. The Labute approximate surface area is 116 Å². The number of nitrogens with zero attached hydrogens (tertiary/aromatic N) is 5. The quantitative estimate of drug-likeness (QED) is 0.572. The summed E-state index contributed by atoms with van der Waals surface area (Å²) in [5.41, 5.74) is -0.268. The van der Waals surface area contributed by atoms with Crippen molar-refractivity contribution in [2.75, 3.05) is 26.2 Å². The molecule has 1 unspecified atom stereocenters. The third-order valence-electron chi connectivity index (χ3n) is 4.08. The lowest BCUT2D eigenvalue weighted by Gasteiger charge is -2.37. The van der Waals surface area contributed by atoms with E-state index in [0.717, 1.165) is 25.9 Å². The number of fused-ring (bicyclic) bond motifs is 1. The average molecular weight is 279 g/mol. The highest BCUT2D eigenvalue weighted by atomic mass is 16.6. The summed E-state index contributed by atoms with van der Waals surface area (Å²) in [5, 5.41) is 14.9. The number of nitro groups is 1. The molecule has 1 amide bonds. The molecule has 2 aliphatic rings. The highest BCUT2D eigenvalue weighted by molar-refractivity contribution is 5.96. The molecule has 108 valence electrons. The minimum atomic E-state index is -0.550. The summed E-state index contributed by atoms with van der Waals surface area (Å²) in [5.74, 6) is -0.330. The molecule has 1 aromatic heterocycles. The summed E-state index contributed by atoms with van der Waals surface area (Å²) in [6.45, 7) is 3.20. The van der Waals surface area contributed by atoms with Gasteiger partial charge in [-0.15, -0.1) is 0 Å². The van der Waals surface area contributed by atoms with E-state index in [1.54, 1.807) is 11.9 Å². The summed E-state index contributed by atoms with van der Waals surface area (Å²) in [6.07, 6.45) is 3.53. The lowest BCUT2D eigenvalue weighted by atomic mass is 10.1. The van der Waals surface area contributed by atoms with Gasteiger partial charge in [0.1, 0.15) is 6.20 Å². The Hall–Kier alpha value is -1.96. The normalized spacial score (nSPS) is 22.9. The molecule has 0 spiro atoms. The van der Waals surface area contributed by atoms with Gasteiger partial charge in [-0.05, 0) is 19.4 Å². The predicted octanol–water partition coefficient (Wildman–Crippen LogP) is 0.248. The molecule has 0 bridgehead atoms. The van der Waals surface area contributed by atoms with Gasteiger partial charge >= 0.3 is 5.69 Å². The van der Waals surface area contributed by atoms with Crippen LogP contribution in [-0.4, -0.2) is 62.6 Å². The first-order valence-corrected chi connectivity index (χ1v) is 6.77. The van der Waals surface area contributed by atoms with E-state index >= 15 is 0 Å². The summed E-state index contributed by atoms with van der Waals surface area (Å²) >= 11 is 0. The van der Waals surface area contributed by atoms with Crippen molar-refractivity contribution in [3.8, 4) is 0 Å². The predicted molar refractivity (Wildman–Crippen MR) is 70.4 cm³/mol. The Bertz CT molecular complexity index is 555. The fourth-order valence-electron chi connectivity index (χ4n) is 3.09. The molecule has 8 nitrogen and oxygen atoms in total. The number of rotatable bonds is 2. The van der Waals surface area contributed by atoms with E-state index in [2.05, 4.69) is 10.00 Å². The summed E-state index contributed by atoms with van der Waals surface area (Å²) in [7, 11) is 1.58. The van der Waals surface area contributed by atoms with Crippen molar-refractivity contribution in [2.45, 2.75) is 18.9 Å². The largest absolute Gasteiger partial charge is 0.334 e. The van der Waals surface area contributed by atoms with Gasteiger partial charge in [0.05, 0.1) is 4.92 Å². The van der Waals surface area contributed by atoms with Gasteiger partial charge in [-0.1, -0.05) is 0 Å². The maximum absolute atomic E-state index is 12.5. The van der Waals surface area contributed by atoms with Gasteiger partial charge in [0.25, 0.3) is 5.91 Å². The van der Waals surface area contributed by atoms with Crippen LogP contribution in [-0.2, 0) is 7.05 Å². The zero-order valence-corrected chi connectivity index (χ0v) is 11.4. The molecule has 1 aromatic rings. The van der Waals surface area contributed by atoms with Gasteiger partial charge in [0.2, 0.25) is 5.69 Å². The minimum Gasteiger partial charge on any atom is -0.334 e. The van der Waals surface area contributed by atoms with Crippen molar-refractivity contribution in [3.05, 3.63) is 22.0 Å². The fourth-order valence-corrected chi connectivity index (χ4v) is 3.09. The molecule has 0 saturated carbocycles. The van der Waals surface area contributed by atoms with Crippen LogP contribution in [0.2, 0.25) is 0 Å². The van der Waals surface area contributed by atoms with Crippen molar-refractivity contribution in [1.29, 1.82) is 0 Å². The molecule has 2 saturated heterocycles. The lowest BCUT2D eigenvalue weighted by molar-refractivity contribution is -0.385. The van der Waals surface area contributed by atoms with Gasteiger partial charge in [0, 0.05) is 32.7 Å². The monoisotopic (exact) mass is 279 g/mol. The maximum Gasteiger partial charge on any atom is 0.320 e. The van der Waals surface area contributed by atoms with Crippen molar-refractivity contribution in [1.82, 2.24) is 19.6 Å². The summed E-state index contributed by atoms with van der Waals surface area (Å²) < 4.78 is 1.32. The fraction of sp³-hybridized carbons (Fsp3) is 0.667. The SMILES string of the molecule is Cn1cc([N+](=O)[O-])c(C(=O)N2CCN3CCCC3C2)n1. The maximum atomic E-state index is 12.5. The van der Waals surface area contributed by atoms with Crippen LogP contribution in [0.15, 0.2) is 6.20 Å². The van der Waals surface area contributed by atoms with Crippen molar-refractivity contribution < 1.29 is 9.72 Å². The van der Waals surface area contributed by atoms with Crippen LogP contribution < -0.4 is 0 Å². The molecule has 2 aliphatic heterocycles. The van der Waals surface area contributed by atoms with Gasteiger partial charge in [-0.2, -0.15) is 5.10 Å². The Kier molecular flexibility index (Phi) is 3.17. The zero-order chi connectivity index (χ0) is 14.3. The number of piperazine rings is 1. The third kappa shape index (κ3) is 2.15. The molecular weight excluding hydrogens is 262 g/mol. The molecule has 8 heteroatoms. The van der Waals surface area contributed by atoms with Crippen LogP contribution in [0.4, 0.5) is 5.69 Å². The number of amides is 1. The molecule has 20 heavy (non-hydrogen) atoms. The molecular formula is C12H17N5O3. The van der Waals surface area contributed by atoms with Gasteiger partial charge in [0.15, 0.2) is 0 Å². The molecule has 0 N–H and O–H groups in total. The lowest BCUT2D eigenvalue weighted by Crippen LogP contribution is -2.52. The molecule has 0 radical (unpaired) electrons. The number of hydrogen-bond acceptors (Lipinski definition) is 5. The number of hydrogen-bond donors (Lipinski definition) is 0. The van der Waals surface area contributed by atoms with Crippen LogP contribution in [0.25, 0.3) is 0 Å². The van der Waals surface area contributed by atoms with E-state index in [0.29, 0.717) is 19.1 Å². The van der Waals surface area contributed by atoms with Crippen molar-refractivity contribution >= 4 is 11.6 Å². The first kappa shape index (κ1) is 13.0. The Balaban J connectivity index is 1.80. The molecule has 2 fully saturated rings. The number of aromatic nitrogens is 2. The van der Waals surface area contributed by atoms with Crippen LogP contribution >= 0.6 is 0 Å². The van der Waals surface area contributed by atoms with E-state index < -0.39 is 4.92 Å². The highest BCUT2D eigenvalue weighted by Gasteiger charge is 2.36. The number of aryl methyl sites for hydroxylation is 1. The topological polar surface area (TPSA) is 84.5 Å². The third-order valence-corrected chi connectivity index (χ3v) is 4.08. The van der Waals surface area contributed by atoms with E-state index in [-0.39, 0.29) is 17.3 Å². The first-order valence-electron chi connectivity index (χ1n) is 6.77. The van der Waals surface area contributed by atoms with E-state index in [9.17, 15) is 14.9 Å². The van der Waals surface area contributed by atoms with E-state index in [1.165, 1.54) is 10.9 Å². The van der Waals surface area contributed by atoms with Crippen molar-refractivity contribution in [2.24, 2.45) is 7.05 Å². The summed E-state index contributed by atoms with van der Waals surface area (Å²) in [6, 6.07) is 0.399. The second-order valence-corrected chi connectivity index (χ2v) is 5.38. The minimum absolute atomic E-state index is 0.0519. The van der Waals surface area contributed by atoms with Crippen LogP contribution in [0.1, 0.15) is 23.3 Å². The molecule has 3 rings (SSSR count). The van der Waals surface area contributed by atoms with Crippen LogP contribution in [0, 0.1) is 10.1 Å². The first-order chi connectivity index (χ1) is 9.56. The standard InChI is InChI=1S/C12H17N5O3/c1-14-8-10(17(19)20)11(13-14)12(18)16-6-5-15-4-2-3-9(15)7-16/h8-9H,2-7H2,1H3. The Morgan fingerprint density at radius 3 is 3.00 bits per heavy atom. The van der Waals surface area contributed by atoms with Gasteiger partial charge in [-0.25, -0.2) is 0 Å². The second kappa shape index (κ2) is 4.86. The smallest absolute Gasteiger partial charge is 0.320 e. The molecule has 0 aromatic carbocycles. The number of carbonyl (C=O) groups excluding carboxylic acids is 1. The number of carbonyl (C=O) groups is 1.